The number of nitrogens with zero attached hydrogens (tertiary/aromatic N) is 4. The summed E-state index contributed by atoms with van der Waals surface area (Å²) in [6.07, 6.45) is -5.12. The van der Waals surface area contributed by atoms with E-state index in [4.69, 9.17) is 6.57 Å². The molecule has 1 fully saturated rings. The first kappa shape index (κ1) is 29.5. The van der Waals surface area contributed by atoms with Crippen LogP contribution >= 0.6 is 0 Å². The minimum Gasteiger partial charge on any atom is -0.325 e. The van der Waals surface area contributed by atoms with Gasteiger partial charge in [-0.25, -0.2) is 11.6 Å². The lowest BCUT2D eigenvalue weighted by Crippen LogP contribution is -2.57. The van der Waals surface area contributed by atoms with Crippen molar-refractivity contribution >= 4 is 35.1 Å². The van der Waals surface area contributed by atoms with Crippen LogP contribution in [0.3, 0.4) is 0 Å². The maximum atomic E-state index is 14.1. The van der Waals surface area contributed by atoms with E-state index in [1.165, 1.54) is 18.3 Å². The first-order chi connectivity index (χ1) is 19.1. The number of halogens is 3. The van der Waals surface area contributed by atoms with Crippen LogP contribution in [0, 0.1) is 12.0 Å². The molecule has 3 heterocycles. The highest BCUT2D eigenvalue weighted by Gasteiger charge is 2.59. The number of hydrogen-bond acceptors (Lipinski definition) is 5. The van der Waals surface area contributed by atoms with Gasteiger partial charge in [0.25, 0.3) is 5.91 Å². The van der Waals surface area contributed by atoms with Crippen molar-refractivity contribution < 1.29 is 32.3 Å². The molecule has 41 heavy (non-hydrogen) atoms. The van der Waals surface area contributed by atoms with Gasteiger partial charge in [0, 0.05) is 18.4 Å². The number of aromatic nitrogens is 1. The van der Waals surface area contributed by atoms with Crippen molar-refractivity contribution in [1.29, 1.82) is 0 Å². The number of alkyl halides is 3. The molecule has 1 spiro atoms. The number of para-hydroxylation sites is 1. The number of pyridine rings is 1. The highest BCUT2D eigenvalue weighted by Crippen LogP contribution is 2.47. The molecule has 2 aliphatic rings. The second kappa shape index (κ2) is 10.8. The normalized spacial score (nSPS) is 20.7. The molecule has 0 aliphatic carbocycles. The Bertz CT molecular complexity index is 1400. The Morgan fingerprint density at radius 1 is 1.20 bits per heavy atom. The number of likely N-dealkylation sites (tertiary alicyclic amines) is 1. The first-order valence-corrected chi connectivity index (χ1v) is 12.8. The van der Waals surface area contributed by atoms with Crippen LogP contribution in [-0.4, -0.2) is 69.9 Å². The highest BCUT2D eigenvalue weighted by atomic mass is 19.4. The summed E-state index contributed by atoms with van der Waals surface area (Å²) in [7, 11) is 0. The first-order valence-electron chi connectivity index (χ1n) is 12.8. The van der Waals surface area contributed by atoms with E-state index >= 15 is 0 Å². The molecule has 1 aromatic heterocycles. The van der Waals surface area contributed by atoms with Crippen LogP contribution in [0.5, 0.6) is 0 Å². The molecule has 3 atom stereocenters. The van der Waals surface area contributed by atoms with Crippen molar-refractivity contribution in [1.82, 2.24) is 14.8 Å². The number of rotatable bonds is 5. The van der Waals surface area contributed by atoms with Crippen molar-refractivity contribution in [3.05, 3.63) is 65.6 Å². The predicted octanol–water partition coefficient (Wildman–Crippen LogP) is 3.58. The van der Waals surface area contributed by atoms with Crippen LogP contribution in [0.25, 0.3) is 4.85 Å². The number of carbonyl (C=O) groups excluding carboxylic acids is 4. The van der Waals surface area contributed by atoms with Crippen molar-refractivity contribution in [2.75, 3.05) is 23.7 Å². The van der Waals surface area contributed by atoms with Crippen LogP contribution in [0.2, 0.25) is 0 Å². The van der Waals surface area contributed by atoms with Gasteiger partial charge in [0.1, 0.15) is 23.8 Å². The van der Waals surface area contributed by atoms with Crippen molar-refractivity contribution in [3.8, 4) is 0 Å². The monoisotopic (exact) mass is 570 g/mol. The van der Waals surface area contributed by atoms with E-state index in [2.05, 4.69) is 20.5 Å². The molecular formula is C28H29F3N6O4. The predicted molar refractivity (Wildman–Crippen MR) is 142 cm³/mol. The molecule has 4 rings (SSSR count). The molecule has 1 saturated heterocycles. The minimum atomic E-state index is -4.95. The van der Waals surface area contributed by atoms with Gasteiger partial charge in [0.2, 0.25) is 5.91 Å². The Labute approximate surface area is 234 Å². The quantitative estimate of drug-likeness (QED) is 0.421. The Morgan fingerprint density at radius 2 is 1.88 bits per heavy atom. The lowest BCUT2D eigenvalue weighted by Gasteiger charge is -2.36. The third-order valence-corrected chi connectivity index (χ3v) is 7.07. The summed E-state index contributed by atoms with van der Waals surface area (Å²) in [6.45, 7) is 10.6. The number of nitrogens with one attached hydrogen (secondary N) is 2. The molecule has 0 saturated carbocycles. The Kier molecular flexibility index (Phi) is 7.80. The summed E-state index contributed by atoms with van der Waals surface area (Å²) in [5.41, 5.74) is -0.936. The number of anilines is 2. The third-order valence-electron chi connectivity index (χ3n) is 7.07. The van der Waals surface area contributed by atoms with Crippen LogP contribution in [0.1, 0.15) is 39.2 Å². The number of fused-ring (bicyclic) bond motifs is 2. The molecule has 10 nitrogen and oxygen atoms in total. The van der Waals surface area contributed by atoms with E-state index < -0.39 is 59.4 Å². The molecule has 0 bridgehead atoms. The fourth-order valence-electron chi connectivity index (χ4n) is 5.31. The molecule has 2 aliphatic heterocycles. The maximum Gasteiger partial charge on any atom is 0.406 e. The fourth-order valence-corrected chi connectivity index (χ4v) is 5.31. The van der Waals surface area contributed by atoms with Gasteiger partial charge in [0.05, 0.1) is 6.42 Å². The molecule has 0 radical (unpaired) electrons. The third kappa shape index (κ3) is 6.16. The second-order valence-electron chi connectivity index (χ2n) is 11.4. The van der Waals surface area contributed by atoms with Gasteiger partial charge in [-0.3, -0.25) is 28.9 Å². The maximum absolute atomic E-state index is 14.1. The standard InChI is InChI=1S/C28H29F3N6O4/c1-26(2,3)13-19(36(16-28(29,30)31)24(40)22(38)35-20-11-7-8-12-33-20)23(39)37-15-27(14-21(37)32-4)17-9-5-6-10-18(17)34-25(27)41/h5-12,19,21H,13-16H2,1-3H3,(H,34,41)(H,33,35,38)/t19-,21-,27-/m0/s1. The lowest BCUT2D eigenvalue weighted by molar-refractivity contribution is -0.173. The molecule has 2 aromatic rings. The van der Waals surface area contributed by atoms with E-state index in [0.717, 1.165) is 4.90 Å². The number of amides is 4. The van der Waals surface area contributed by atoms with Gasteiger partial charge in [0.15, 0.2) is 0 Å². The van der Waals surface area contributed by atoms with E-state index in [-0.39, 0.29) is 30.1 Å². The Morgan fingerprint density at radius 3 is 2.49 bits per heavy atom. The highest BCUT2D eigenvalue weighted by molar-refractivity contribution is 6.39. The van der Waals surface area contributed by atoms with Gasteiger partial charge in [-0.1, -0.05) is 45.0 Å². The average molecular weight is 571 g/mol. The van der Waals surface area contributed by atoms with Crippen LogP contribution in [0.15, 0.2) is 48.7 Å². The summed E-state index contributed by atoms with van der Waals surface area (Å²) in [4.78, 5) is 62.0. The van der Waals surface area contributed by atoms with Gasteiger partial charge < -0.3 is 15.5 Å². The van der Waals surface area contributed by atoms with Gasteiger partial charge in [-0.05, 0) is 35.6 Å². The van der Waals surface area contributed by atoms with E-state index in [1.807, 2.05) is 0 Å². The SMILES string of the molecule is [C-]#[N+][C@@H]1C[C@@]2(CN1C(=O)[C@H](CC(C)(C)C)N(CC(F)(F)F)C(=O)C(=O)Nc1ccccn1)C(=O)Nc1ccccc12. The summed E-state index contributed by atoms with van der Waals surface area (Å²) in [6, 6.07) is 9.48. The van der Waals surface area contributed by atoms with Crippen molar-refractivity contribution in [2.45, 2.75) is 57.4 Å². The summed E-state index contributed by atoms with van der Waals surface area (Å²) in [5, 5.41) is 4.94. The number of benzene rings is 1. The molecular weight excluding hydrogens is 541 g/mol. The van der Waals surface area contributed by atoms with Crippen molar-refractivity contribution in [2.24, 2.45) is 5.41 Å². The summed E-state index contributed by atoms with van der Waals surface area (Å²) >= 11 is 0. The van der Waals surface area contributed by atoms with E-state index in [0.29, 0.717) is 11.3 Å². The fraction of sp³-hybridized carbons (Fsp3) is 0.429. The van der Waals surface area contributed by atoms with Gasteiger partial charge in [-0.15, -0.1) is 0 Å². The zero-order valence-corrected chi connectivity index (χ0v) is 22.7. The molecule has 0 unspecified atom stereocenters. The van der Waals surface area contributed by atoms with Crippen LogP contribution in [-0.2, 0) is 24.6 Å². The largest absolute Gasteiger partial charge is 0.406 e. The number of hydrogen-bond donors (Lipinski definition) is 2. The summed E-state index contributed by atoms with van der Waals surface area (Å²) < 4.78 is 41.5. The van der Waals surface area contributed by atoms with E-state index in [9.17, 15) is 32.3 Å². The van der Waals surface area contributed by atoms with Crippen LogP contribution < -0.4 is 10.6 Å². The average Bonchev–Trinajstić information content (AvgIpc) is 3.42. The zero-order valence-electron chi connectivity index (χ0n) is 22.7. The molecule has 216 valence electrons. The summed E-state index contributed by atoms with van der Waals surface area (Å²) in [5.74, 6) is -4.40. The van der Waals surface area contributed by atoms with Gasteiger partial charge >= 0.3 is 24.2 Å². The Hall–Kier alpha value is -4.47. The second-order valence-corrected chi connectivity index (χ2v) is 11.4. The van der Waals surface area contributed by atoms with Gasteiger partial charge in [-0.2, -0.15) is 13.2 Å². The molecule has 1 aromatic carbocycles. The molecule has 4 amide bonds. The minimum absolute atomic E-state index is 0.0584. The molecule has 2 N–H and O–H groups in total. The zero-order chi connectivity index (χ0) is 30.2. The molecule has 13 heteroatoms. The smallest absolute Gasteiger partial charge is 0.325 e. The van der Waals surface area contributed by atoms with E-state index in [1.54, 1.807) is 51.1 Å². The number of carbonyl (C=O) groups is 4. The lowest BCUT2D eigenvalue weighted by atomic mass is 9.80. The Balaban J connectivity index is 1.72. The van der Waals surface area contributed by atoms with Crippen molar-refractivity contribution in [3.63, 3.8) is 0 Å². The van der Waals surface area contributed by atoms with Crippen LogP contribution in [0.4, 0.5) is 24.7 Å². The topological polar surface area (TPSA) is 116 Å².